The lowest BCUT2D eigenvalue weighted by atomic mass is 9.83. The Morgan fingerprint density at radius 3 is 2.58 bits per heavy atom. The van der Waals surface area contributed by atoms with Crippen LogP contribution in [0.5, 0.6) is 5.75 Å². The van der Waals surface area contributed by atoms with E-state index in [0.717, 1.165) is 31.4 Å². The number of aryl methyl sites for hydroxylation is 1. The second kappa shape index (κ2) is 7.01. The van der Waals surface area contributed by atoms with E-state index in [4.69, 9.17) is 27.9 Å². The first kappa shape index (κ1) is 17.5. The highest BCUT2D eigenvalue weighted by atomic mass is 35.5. The molecule has 0 bridgehead atoms. The molecule has 1 N–H and O–H groups in total. The van der Waals surface area contributed by atoms with Crippen molar-refractivity contribution in [2.24, 2.45) is 0 Å². The fourth-order valence-corrected chi connectivity index (χ4v) is 4.00. The van der Waals surface area contributed by atoms with E-state index in [1.54, 1.807) is 18.2 Å². The van der Waals surface area contributed by atoms with Crippen LogP contribution in [0.25, 0.3) is 0 Å². The Morgan fingerprint density at radius 2 is 1.81 bits per heavy atom. The molecule has 2 aromatic rings. The second-order valence-corrected chi connectivity index (χ2v) is 7.75. The molecule has 136 valence electrons. The van der Waals surface area contributed by atoms with Gasteiger partial charge in [-0.15, -0.1) is 0 Å². The minimum atomic E-state index is -0.144. The first-order valence-electron chi connectivity index (χ1n) is 8.83. The van der Waals surface area contributed by atoms with Gasteiger partial charge in [0.25, 0.3) is 0 Å². The maximum Gasteiger partial charge on any atom is 0.321 e. The van der Waals surface area contributed by atoms with E-state index in [9.17, 15) is 4.79 Å². The molecular weight excluding hydrogens is 371 g/mol. The highest BCUT2D eigenvalue weighted by Crippen LogP contribution is 2.39. The normalized spacial score (nSPS) is 18.2. The highest BCUT2D eigenvalue weighted by molar-refractivity contribution is 6.42. The van der Waals surface area contributed by atoms with Gasteiger partial charge in [-0.2, -0.15) is 0 Å². The van der Waals surface area contributed by atoms with E-state index in [0.29, 0.717) is 28.8 Å². The van der Waals surface area contributed by atoms with E-state index in [1.807, 2.05) is 17.0 Å². The number of rotatable bonds is 1. The van der Waals surface area contributed by atoms with Gasteiger partial charge in [-0.3, -0.25) is 0 Å². The molecule has 2 aliphatic rings. The molecule has 6 heteroatoms. The van der Waals surface area contributed by atoms with Crippen LogP contribution in [-0.2, 0) is 6.42 Å². The van der Waals surface area contributed by atoms with Crippen molar-refractivity contribution >= 4 is 34.9 Å². The summed E-state index contributed by atoms with van der Waals surface area (Å²) in [5.74, 6) is 0.993. The molecule has 0 aromatic heterocycles. The second-order valence-electron chi connectivity index (χ2n) is 6.94. The summed E-state index contributed by atoms with van der Waals surface area (Å²) in [6, 6.07) is 13.2. The van der Waals surface area contributed by atoms with Gasteiger partial charge in [-0.1, -0.05) is 41.4 Å². The topological polar surface area (TPSA) is 41.6 Å². The van der Waals surface area contributed by atoms with Gasteiger partial charge in [-0.25, -0.2) is 4.79 Å². The Labute approximate surface area is 163 Å². The largest absolute Gasteiger partial charge is 0.487 e. The Balaban J connectivity index is 1.37. The summed E-state index contributed by atoms with van der Waals surface area (Å²) in [5, 5.41) is 3.79. The smallest absolute Gasteiger partial charge is 0.321 e. The lowest BCUT2D eigenvalue weighted by Gasteiger charge is -2.44. The third-order valence-corrected chi connectivity index (χ3v) is 6.02. The molecule has 1 fully saturated rings. The summed E-state index contributed by atoms with van der Waals surface area (Å²) in [5.41, 5.74) is 1.78. The zero-order valence-corrected chi connectivity index (χ0v) is 15.8. The van der Waals surface area contributed by atoms with Crippen molar-refractivity contribution in [1.29, 1.82) is 0 Å². The average molecular weight is 391 g/mol. The number of nitrogens with one attached hydrogen (secondary N) is 1. The molecule has 1 spiro atoms. The van der Waals surface area contributed by atoms with Crippen LogP contribution in [0.3, 0.4) is 0 Å². The third-order valence-electron chi connectivity index (χ3n) is 5.28. The highest BCUT2D eigenvalue weighted by Gasteiger charge is 2.40. The standard InChI is InChI=1S/C20H20Cl2N2O2/c21-16-6-5-15(13-17(16)22)23-19(25)24-11-9-20(10-12-24)8-7-14-3-1-2-4-18(14)26-20/h1-6,13H,7-12H2,(H,23,25). The number of para-hydroxylation sites is 1. The Bertz CT molecular complexity index is 832. The van der Waals surface area contributed by atoms with E-state index in [2.05, 4.69) is 17.4 Å². The molecule has 26 heavy (non-hydrogen) atoms. The first-order valence-corrected chi connectivity index (χ1v) is 9.58. The number of piperidine rings is 1. The number of carbonyl (C=O) groups excluding carboxylic acids is 1. The SMILES string of the molecule is O=C(Nc1ccc(Cl)c(Cl)c1)N1CCC2(CCc3ccccc3O2)CC1. The maximum absolute atomic E-state index is 12.5. The molecule has 0 radical (unpaired) electrons. The number of nitrogens with zero attached hydrogens (tertiary/aromatic N) is 1. The molecule has 4 nitrogen and oxygen atoms in total. The van der Waals surface area contributed by atoms with Gasteiger partial charge < -0.3 is 15.0 Å². The van der Waals surface area contributed by atoms with Crippen LogP contribution < -0.4 is 10.1 Å². The number of urea groups is 1. The van der Waals surface area contributed by atoms with Crippen LogP contribution in [0.15, 0.2) is 42.5 Å². The number of ether oxygens (including phenoxy) is 1. The van der Waals surface area contributed by atoms with Crippen LogP contribution in [-0.4, -0.2) is 29.6 Å². The van der Waals surface area contributed by atoms with Crippen molar-refractivity contribution in [1.82, 2.24) is 4.90 Å². The van der Waals surface area contributed by atoms with Crippen molar-refractivity contribution in [2.75, 3.05) is 18.4 Å². The summed E-state index contributed by atoms with van der Waals surface area (Å²) in [4.78, 5) is 14.4. The molecule has 2 aliphatic heterocycles. The van der Waals surface area contributed by atoms with Crippen LogP contribution in [0, 0.1) is 0 Å². The summed E-state index contributed by atoms with van der Waals surface area (Å²) in [6.07, 6.45) is 3.73. The zero-order chi connectivity index (χ0) is 18.1. The number of likely N-dealkylation sites (tertiary alicyclic amines) is 1. The molecule has 1 saturated heterocycles. The number of amides is 2. The number of benzene rings is 2. The number of carbonyl (C=O) groups is 1. The lowest BCUT2D eigenvalue weighted by molar-refractivity contribution is -0.00434. The minimum absolute atomic E-state index is 0.116. The van der Waals surface area contributed by atoms with Crippen molar-refractivity contribution in [2.45, 2.75) is 31.3 Å². The third kappa shape index (κ3) is 3.49. The maximum atomic E-state index is 12.5. The van der Waals surface area contributed by atoms with E-state index < -0.39 is 0 Å². The summed E-state index contributed by atoms with van der Waals surface area (Å²) < 4.78 is 6.35. The van der Waals surface area contributed by atoms with Crippen LogP contribution in [0.1, 0.15) is 24.8 Å². The zero-order valence-electron chi connectivity index (χ0n) is 14.3. The summed E-state index contributed by atoms with van der Waals surface area (Å²) in [6.45, 7) is 1.35. The van der Waals surface area contributed by atoms with Crippen LogP contribution in [0.2, 0.25) is 10.0 Å². The van der Waals surface area contributed by atoms with Gasteiger partial charge in [0, 0.05) is 31.6 Å². The molecule has 0 saturated carbocycles. The molecule has 2 heterocycles. The van der Waals surface area contributed by atoms with Crippen molar-refractivity contribution in [3.8, 4) is 5.75 Å². The molecular formula is C20H20Cl2N2O2. The fourth-order valence-electron chi connectivity index (χ4n) is 3.70. The van der Waals surface area contributed by atoms with E-state index in [1.165, 1.54) is 5.56 Å². The summed E-state index contributed by atoms with van der Waals surface area (Å²) in [7, 11) is 0. The van der Waals surface area contributed by atoms with Crippen molar-refractivity contribution in [3.05, 3.63) is 58.1 Å². The average Bonchev–Trinajstić information content (AvgIpc) is 2.65. The molecule has 2 amide bonds. The molecule has 0 aliphatic carbocycles. The van der Waals surface area contributed by atoms with Crippen LogP contribution >= 0.6 is 23.2 Å². The first-order chi connectivity index (χ1) is 12.5. The number of fused-ring (bicyclic) bond motifs is 1. The number of hydrogen-bond acceptors (Lipinski definition) is 2. The molecule has 2 aromatic carbocycles. The number of anilines is 1. The molecule has 0 unspecified atom stereocenters. The van der Waals surface area contributed by atoms with Crippen LogP contribution in [0.4, 0.5) is 10.5 Å². The fraction of sp³-hybridized carbons (Fsp3) is 0.350. The Hall–Kier alpha value is -1.91. The number of hydrogen-bond donors (Lipinski definition) is 1. The van der Waals surface area contributed by atoms with Gasteiger partial charge >= 0.3 is 6.03 Å². The van der Waals surface area contributed by atoms with Gasteiger partial charge in [0.2, 0.25) is 0 Å². The van der Waals surface area contributed by atoms with Gasteiger partial charge in [0.15, 0.2) is 0 Å². The van der Waals surface area contributed by atoms with Crippen molar-refractivity contribution in [3.63, 3.8) is 0 Å². The quantitative estimate of drug-likeness (QED) is 0.709. The summed E-state index contributed by atoms with van der Waals surface area (Å²) >= 11 is 11.9. The van der Waals surface area contributed by atoms with Gasteiger partial charge in [-0.05, 0) is 42.7 Å². The predicted molar refractivity (Wildman–Crippen MR) is 104 cm³/mol. The predicted octanol–water partition coefficient (Wildman–Crippen LogP) is 5.39. The number of halogens is 2. The molecule has 0 atom stereocenters. The van der Waals surface area contributed by atoms with E-state index >= 15 is 0 Å². The van der Waals surface area contributed by atoms with Gasteiger partial charge in [0.1, 0.15) is 11.4 Å². The van der Waals surface area contributed by atoms with Gasteiger partial charge in [0.05, 0.1) is 10.0 Å². The Morgan fingerprint density at radius 1 is 1.04 bits per heavy atom. The lowest BCUT2D eigenvalue weighted by Crippen LogP contribution is -2.52. The Kier molecular flexibility index (Phi) is 4.72. The van der Waals surface area contributed by atoms with Crippen molar-refractivity contribution < 1.29 is 9.53 Å². The minimum Gasteiger partial charge on any atom is -0.487 e. The molecule has 4 rings (SSSR count). The monoisotopic (exact) mass is 390 g/mol. The van der Waals surface area contributed by atoms with E-state index in [-0.39, 0.29) is 11.6 Å².